The Morgan fingerprint density at radius 3 is 2.75 bits per heavy atom. The van der Waals surface area contributed by atoms with E-state index in [1.165, 1.54) is 0 Å². The van der Waals surface area contributed by atoms with Crippen LogP contribution in [0.15, 0.2) is 36.5 Å². The fourth-order valence-electron chi connectivity index (χ4n) is 5.03. The van der Waals surface area contributed by atoms with Crippen molar-refractivity contribution in [1.29, 1.82) is 0 Å². The average Bonchev–Trinajstić information content (AvgIpc) is 3.08. The van der Waals surface area contributed by atoms with Crippen molar-refractivity contribution in [2.45, 2.75) is 50.7 Å². The number of aromatic nitrogens is 1. The molecule has 1 amide bonds. The Balaban J connectivity index is 1.49. The van der Waals surface area contributed by atoms with Crippen molar-refractivity contribution in [2.75, 3.05) is 35.3 Å². The normalized spacial score (nSPS) is 24.3. The highest BCUT2D eigenvalue weighted by molar-refractivity contribution is 6.00. The summed E-state index contributed by atoms with van der Waals surface area (Å²) in [5.41, 5.74) is 3.12. The monoisotopic (exact) mass is 442 g/mol. The first-order valence-corrected chi connectivity index (χ1v) is 11.3. The summed E-state index contributed by atoms with van der Waals surface area (Å²) in [4.78, 5) is 21.7. The van der Waals surface area contributed by atoms with E-state index in [1.54, 1.807) is 18.2 Å². The van der Waals surface area contributed by atoms with Crippen molar-refractivity contribution in [3.8, 4) is 0 Å². The zero-order valence-corrected chi connectivity index (χ0v) is 18.2. The first-order chi connectivity index (χ1) is 15.4. The number of nitrogens with zero attached hydrogens (tertiary/aromatic N) is 3. The summed E-state index contributed by atoms with van der Waals surface area (Å²) in [5, 5.41) is 3.35. The Kier molecular flexibility index (Phi) is 5.49. The van der Waals surface area contributed by atoms with Crippen molar-refractivity contribution in [3.05, 3.63) is 42.1 Å². The maximum atomic E-state index is 13.8. The smallest absolute Gasteiger partial charge is 0.266 e. The van der Waals surface area contributed by atoms with Crippen LogP contribution in [0.5, 0.6) is 0 Å². The molecule has 170 valence electrons. The highest BCUT2D eigenvalue weighted by Crippen LogP contribution is 2.41. The van der Waals surface area contributed by atoms with E-state index in [0.29, 0.717) is 24.6 Å². The first-order valence-electron chi connectivity index (χ1n) is 11.3. The van der Waals surface area contributed by atoms with Crippen LogP contribution in [-0.2, 0) is 16.1 Å². The molecule has 1 saturated heterocycles. The summed E-state index contributed by atoms with van der Waals surface area (Å²) in [6.07, 6.45) is 5.09. The SMILES string of the molecule is CO[C@H]1CC[C@H](C(=O)N2Cc3cccnc3Nc3ccc(N4CCC(F)(F)C4)cc32)CC1. The molecule has 2 fully saturated rings. The van der Waals surface area contributed by atoms with Gasteiger partial charge in [-0.25, -0.2) is 13.8 Å². The summed E-state index contributed by atoms with van der Waals surface area (Å²) in [5.74, 6) is -1.97. The van der Waals surface area contributed by atoms with Crippen LogP contribution in [0, 0.1) is 5.92 Å². The van der Waals surface area contributed by atoms with E-state index in [1.807, 2.05) is 35.2 Å². The number of carbonyl (C=O) groups is 1. The molecule has 3 heterocycles. The maximum absolute atomic E-state index is 13.8. The predicted octanol–water partition coefficient (Wildman–Crippen LogP) is 4.72. The summed E-state index contributed by atoms with van der Waals surface area (Å²) in [6.45, 7) is 0.401. The molecular formula is C24H28F2N4O2. The third-order valence-electron chi connectivity index (χ3n) is 6.90. The minimum atomic E-state index is -2.68. The zero-order chi connectivity index (χ0) is 22.3. The lowest BCUT2D eigenvalue weighted by Gasteiger charge is -2.32. The quantitative estimate of drug-likeness (QED) is 0.745. The van der Waals surface area contributed by atoms with Crippen molar-refractivity contribution in [2.24, 2.45) is 5.92 Å². The standard InChI is InChI=1S/C24H28F2N4O2/c1-32-19-7-4-16(5-8-19)23(31)30-14-17-3-2-11-27-22(17)28-20-9-6-18(13-21(20)30)29-12-10-24(25,26)15-29/h2-3,6,9,11,13,16,19H,4-5,7-8,10,12,14-15H2,1H3,(H,27,28)/t16-,19-. The van der Waals surface area contributed by atoms with Gasteiger partial charge in [0, 0.05) is 43.4 Å². The number of benzene rings is 1. The number of fused-ring (bicyclic) bond motifs is 2. The number of rotatable bonds is 3. The fourth-order valence-corrected chi connectivity index (χ4v) is 5.03. The second-order valence-corrected chi connectivity index (χ2v) is 9.00. The molecular weight excluding hydrogens is 414 g/mol. The van der Waals surface area contributed by atoms with Gasteiger partial charge >= 0.3 is 0 Å². The first kappa shape index (κ1) is 21.1. The van der Waals surface area contributed by atoms with Gasteiger partial charge in [0.15, 0.2) is 0 Å². The number of hydrogen-bond acceptors (Lipinski definition) is 5. The number of carbonyl (C=O) groups excluding carboxylic acids is 1. The molecule has 8 heteroatoms. The minimum absolute atomic E-state index is 0.0724. The molecule has 3 aliphatic rings. The van der Waals surface area contributed by atoms with Crippen molar-refractivity contribution in [3.63, 3.8) is 0 Å². The van der Waals surface area contributed by atoms with Crippen molar-refractivity contribution >= 4 is 28.8 Å². The Hall–Kier alpha value is -2.74. The van der Waals surface area contributed by atoms with Crippen molar-refractivity contribution < 1.29 is 18.3 Å². The summed E-state index contributed by atoms with van der Waals surface area (Å²) < 4.78 is 33.1. The van der Waals surface area contributed by atoms with Crippen LogP contribution in [0.2, 0.25) is 0 Å². The van der Waals surface area contributed by atoms with Gasteiger partial charge in [-0.2, -0.15) is 0 Å². The lowest BCUT2D eigenvalue weighted by atomic mass is 9.86. The van der Waals surface area contributed by atoms with Crippen LogP contribution < -0.4 is 15.1 Å². The third-order valence-corrected chi connectivity index (χ3v) is 6.90. The molecule has 0 radical (unpaired) electrons. The zero-order valence-electron chi connectivity index (χ0n) is 18.2. The van der Waals surface area contributed by atoms with E-state index >= 15 is 0 Å². The lowest BCUT2D eigenvalue weighted by Crippen LogP contribution is -2.38. The van der Waals surface area contributed by atoms with Crippen LogP contribution in [0.4, 0.5) is 31.7 Å². The highest BCUT2D eigenvalue weighted by atomic mass is 19.3. The Labute approximate surface area is 186 Å². The molecule has 2 aliphatic heterocycles. The van der Waals surface area contributed by atoms with E-state index in [-0.39, 0.29) is 30.9 Å². The van der Waals surface area contributed by atoms with Gasteiger partial charge in [0.25, 0.3) is 5.92 Å². The van der Waals surface area contributed by atoms with Gasteiger partial charge in [0.1, 0.15) is 5.82 Å². The number of hydrogen-bond donors (Lipinski definition) is 1. The molecule has 6 nitrogen and oxygen atoms in total. The van der Waals surface area contributed by atoms with Gasteiger partial charge in [-0.15, -0.1) is 0 Å². The molecule has 0 bridgehead atoms. The number of anilines is 4. The summed E-state index contributed by atoms with van der Waals surface area (Å²) in [7, 11) is 1.72. The van der Waals surface area contributed by atoms with E-state index in [0.717, 1.165) is 42.6 Å². The van der Waals surface area contributed by atoms with Crippen LogP contribution in [0.3, 0.4) is 0 Å². The number of nitrogens with one attached hydrogen (secondary N) is 1. The van der Waals surface area contributed by atoms with Gasteiger partial charge in [-0.05, 0) is 49.9 Å². The predicted molar refractivity (Wildman–Crippen MR) is 120 cm³/mol. The average molecular weight is 443 g/mol. The second-order valence-electron chi connectivity index (χ2n) is 9.00. The van der Waals surface area contributed by atoms with Gasteiger partial charge in [0.05, 0.1) is 30.6 Å². The Bertz CT molecular complexity index is 1010. The maximum Gasteiger partial charge on any atom is 0.266 e. The van der Waals surface area contributed by atoms with Crippen molar-refractivity contribution in [1.82, 2.24) is 4.98 Å². The topological polar surface area (TPSA) is 57.7 Å². The molecule has 0 spiro atoms. The summed E-state index contributed by atoms with van der Waals surface area (Å²) >= 11 is 0. The van der Waals surface area contributed by atoms with Crippen LogP contribution in [0.25, 0.3) is 0 Å². The van der Waals surface area contributed by atoms with Crippen LogP contribution >= 0.6 is 0 Å². The molecule has 1 aromatic heterocycles. The fraction of sp³-hybridized carbons (Fsp3) is 0.500. The molecule has 5 rings (SSSR count). The third kappa shape index (κ3) is 4.03. The molecule has 1 aromatic carbocycles. The van der Waals surface area contributed by atoms with E-state index in [2.05, 4.69) is 10.3 Å². The highest BCUT2D eigenvalue weighted by Gasteiger charge is 2.39. The molecule has 0 atom stereocenters. The largest absolute Gasteiger partial charge is 0.381 e. The van der Waals surface area contributed by atoms with E-state index < -0.39 is 5.92 Å². The molecule has 1 aliphatic carbocycles. The van der Waals surface area contributed by atoms with E-state index in [4.69, 9.17) is 4.74 Å². The molecule has 0 unspecified atom stereocenters. The lowest BCUT2D eigenvalue weighted by molar-refractivity contribution is -0.124. The molecule has 1 N–H and O–H groups in total. The minimum Gasteiger partial charge on any atom is -0.381 e. The number of methoxy groups -OCH3 is 1. The van der Waals surface area contributed by atoms with Gasteiger partial charge in [0.2, 0.25) is 5.91 Å². The molecule has 2 aromatic rings. The number of amides is 1. The van der Waals surface area contributed by atoms with E-state index in [9.17, 15) is 13.6 Å². The molecule has 1 saturated carbocycles. The summed E-state index contributed by atoms with van der Waals surface area (Å²) in [6, 6.07) is 9.40. The van der Waals surface area contributed by atoms with Gasteiger partial charge in [-0.1, -0.05) is 6.07 Å². The Morgan fingerprint density at radius 1 is 1.22 bits per heavy atom. The molecule has 32 heavy (non-hydrogen) atoms. The van der Waals surface area contributed by atoms with Gasteiger partial charge < -0.3 is 19.9 Å². The second kappa shape index (κ2) is 8.31. The number of halogens is 2. The van der Waals surface area contributed by atoms with Crippen LogP contribution in [0.1, 0.15) is 37.7 Å². The number of alkyl halides is 2. The number of ether oxygens (including phenoxy) is 1. The van der Waals surface area contributed by atoms with Crippen LogP contribution in [-0.4, -0.2) is 43.1 Å². The van der Waals surface area contributed by atoms with Gasteiger partial charge in [-0.3, -0.25) is 4.79 Å². The number of pyridine rings is 1. The Morgan fingerprint density at radius 2 is 2.03 bits per heavy atom.